The minimum atomic E-state index is -4.42. The zero-order valence-corrected chi connectivity index (χ0v) is 16.0. The predicted molar refractivity (Wildman–Crippen MR) is 104 cm³/mol. The van der Waals surface area contributed by atoms with E-state index in [0.717, 1.165) is 10.1 Å². The van der Waals surface area contributed by atoms with Gasteiger partial charge in [-0.15, -0.1) is 0 Å². The Bertz CT molecular complexity index is 1220. The van der Waals surface area contributed by atoms with Crippen molar-refractivity contribution in [1.82, 2.24) is 29.7 Å². The standard InChI is InChI=1S/C19H18F3N7O/c1-11-9-30-7-6-28(11)17-14-8-25-29(10-19(20,21)22)18(14)27-16(26-17)13-3-5-24-15-12(13)2-4-23-15/h2-5,8,11H,6-7,9-10H2,1H3,(H,23,24)/t11-/m1/s1. The fourth-order valence-electron chi connectivity index (χ4n) is 3.76. The SMILES string of the molecule is C[C@@H]1COCCN1c1nc(-c2ccnc3[nH]ccc23)nc2c1cnn2CC(F)(F)F. The number of anilines is 1. The quantitative estimate of drug-likeness (QED) is 0.551. The highest BCUT2D eigenvalue weighted by molar-refractivity contribution is 5.94. The van der Waals surface area contributed by atoms with Gasteiger partial charge >= 0.3 is 6.18 Å². The van der Waals surface area contributed by atoms with E-state index in [4.69, 9.17) is 9.72 Å². The van der Waals surface area contributed by atoms with Crippen molar-refractivity contribution in [3.63, 3.8) is 0 Å². The summed E-state index contributed by atoms with van der Waals surface area (Å²) in [5, 5.41) is 5.24. The first kappa shape index (κ1) is 18.8. The lowest BCUT2D eigenvalue weighted by atomic mass is 10.1. The fourth-order valence-corrected chi connectivity index (χ4v) is 3.76. The molecule has 0 amide bonds. The molecule has 1 atom stereocenters. The number of rotatable bonds is 3. The van der Waals surface area contributed by atoms with Gasteiger partial charge in [-0.1, -0.05) is 0 Å². The zero-order valence-electron chi connectivity index (χ0n) is 16.0. The maximum atomic E-state index is 13.1. The van der Waals surface area contributed by atoms with Crippen LogP contribution in [-0.4, -0.2) is 61.7 Å². The van der Waals surface area contributed by atoms with Crippen LogP contribution in [0.3, 0.4) is 0 Å². The highest BCUT2D eigenvalue weighted by atomic mass is 19.4. The van der Waals surface area contributed by atoms with E-state index in [0.29, 0.717) is 48.0 Å². The van der Waals surface area contributed by atoms with Crippen molar-refractivity contribution >= 4 is 27.9 Å². The summed E-state index contributed by atoms with van der Waals surface area (Å²) in [6.07, 6.45) is 0.353. The highest BCUT2D eigenvalue weighted by Gasteiger charge is 2.31. The van der Waals surface area contributed by atoms with E-state index in [9.17, 15) is 13.2 Å². The Morgan fingerprint density at radius 1 is 1.23 bits per heavy atom. The van der Waals surface area contributed by atoms with Crippen LogP contribution in [0.2, 0.25) is 0 Å². The summed E-state index contributed by atoms with van der Waals surface area (Å²) >= 11 is 0. The molecule has 1 aliphatic heterocycles. The molecule has 0 aromatic carbocycles. The largest absolute Gasteiger partial charge is 0.408 e. The third-order valence-electron chi connectivity index (χ3n) is 5.15. The number of alkyl halides is 3. The van der Waals surface area contributed by atoms with Crippen LogP contribution >= 0.6 is 0 Å². The van der Waals surface area contributed by atoms with Gasteiger partial charge in [-0.25, -0.2) is 19.6 Å². The van der Waals surface area contributed by atoms with Crippen LogP contribution in [0.4, 0.5) is 19.0 Å². The molecular formula is C19H18F3N7O. The Hall–Kier alpha value is -3.21. The number of nitrogens with one attached hydrogen (secondary N) is 1. The summed E-state index contributed by atoms with van der Waals surface area (Å²) in [5.74, 6) is 0.881. The van der Waals surface area contributed by atoms with Gasteiger partial charge in [-0.3, -0.25) is 0 Å². The second-order valence-corrected chi connectivity index (χ2v) is 7.24. The number of pyridine rings is 1. The van der Waals surface area contributed by atoms with Crippen LogP contribution in [0, 0.1) is 0 Å². The summed E-state index contributed by atoms with van der Waals surface area (Å²) in [4.78, 5) is 18.6. The summed E-state index contributed by atoms with van der Waals surface area (Å²) in [7, 11) is 0. The molecule has 1 fully saturated rings. The van der Waals surface area contributed by atoms with Gasteiger partial charge < -0.3 is 14.6 Å². The molecule has 4 aromatic heterocycles. The molecule has 5 heterocycles. The summed E-state index contributed by atoms with van der Waals surface area (Å²) in [6.45, 7) is 2.37. The van der Waals surface area contributed by atoms with Crippen molar-refractivity contribution in [3.8, 4) is 11.4 Å². The van der Waals surface area contributed by atoms with E-state index in [1.165, 1.54) is 6.20 Å². The topological polar surface area (TPSA) is 84.8 Å². The molecule has 0 spiro atoms. The summed E-state index contributed by atoms with van der Waals surface area (Å²) in [6, 6.07) is 3.62. The Morgan fingerprint density at radius 3 is 2.90 bits per heavy atom. The molecule has 1 aliphatic rings. The number of H-pyrrole nitrogens is 1. The van der Waals surface area contributed by atoms with Crippen molar-refractivity contribution in [2.75, 3.05) is 24.7 Å². The van der Waals surface area contributed by atoms with Gasteiger partial charge in [0.2, 0.25) is 0 Å². The van der Waals surface area contributed by atoms with Crippen LogP contribution in [0.15, 0.2) is 30.7 Å². The molecule has 30 heavy (non-hydrogen) atoms. The summed E-state index contributed by atoms with van der Waals surface area (Å²) < 4.78 is 45.7. The minimum Gasteiger partial charge on any atom is -0.377 e. The van der Waals surface area contributed by atoms with Crippen LogP contribution in [-0.2, 0) is 11.3 Å². The second kappa shape index (κ2) is 6.94. The van der Waals surface area contributed by atoms with Gasteiger partial charge in [0.05, 0.1) is 30.8 Å². The number of hydrogen-bond donors (Lipinski definition) is 1. The van der Waals surface area contributed by atoms with E-state index in [-0.39, 0.29) is 11.7 Å². The van der Waals surface area contributed by atoms with Gasteiger partial charge in [0.15, 0.2) is 11.5 Å². The van der Waals surface area contributed by atoms with Crippen molar-refractivity contribution in [2.24, 2.45) is 0 Å². The maximum absolute atomic E-state index is 13.1. The molecular weight excluding hydrogens is 399 g/mol. The molecule has 0 radical (unpaired) electrons. The molecule has 0 bridgehead atoms. The molecule has 0 saturated carbocycles. The number of ether oxygens (including phenoxy) is 1. The number of morpholine rings is 1. The lowest BCUT2D eigenvalue weighted by molar-refractivity contribution is -0.141. The van der Waals surface area contributed by atoms with E-state index >= 15 is 0 Å². The predicted octanol–water partition coefficient (Wildman–Crippen LogP) is 3.16. The molecule has 156 valence electrons. The van der Waals surface area contributed by atoms with Crippen molar-refractivity contribution in [3.05, 3.63) is 30.7 Å². The molecule has 0 aliphatic carbocycles. The number of hydrogen-bond acceptors (Lipinski definition) is 6. The zero-order chi connectivity index (χ0) is 20.9. The molecule has 5 rings (SSSR count). The maximum Gasteiger partial charge on any atom is 0.408 e. The van der Waals surface area contributed by atoms with Crippen LogP contribution in [0.25, 0.3) is 33.5 Å². The van der Waals surface area contributed by atoms with Crippen molar-refractivity contribution < 1.29 is 17.9 Å². The van der Waals surface area contributed by atoms with E-state index in [1.807, 2.05) is 17.9 Å². The van der Waals surface area contributed by atoms with E-state index < -0.39 is 12.7 Å². The van der Waals surface area contributed by atoms with Crippen LogP contribution < -0.4 is 4.90 Å². The minimum absolute atomic E-state index is 0.0142. The third kappa shape index (κ3) is 3.24. The van der Waals surface area contributed by atoms with Gasteiger partial charge in [0.1, 0.15) is 18.0 Å². The van der Waals surface area contributed by atoms with Gasteiger partial charge in [-0.2, -0.15) is 18.3 Å². The van der Waals surface area contributed by atoms with Crippen LogP contribution in [0.1, 0.15) is 6.92 Å². The fraction of sp³-hybridized carbons (Fsp3) is 0.368. The lowest BCUT2D eigenvalue weighted by Gasteiger charge is -2.34. The number of halogens is 3. The Morgan fingerprint density at radius 2 is 2.10 bits per heavy atom. The first-order valence-electron chi connectivity index (χ1n) is 9.48. The first-order chi connectivity index (χ1) is 14.4. The Kier molecular flexibility index (Phi) is 4.35. The average molecular weight is 417 g/mol. The molecule has 4 aromatic rings. The van der Waals surface area contributed by atoms with Crippen molar-refractivity contribution in [1.29, 1.82) is 0 Å². The number of nitrogens with zero attached hydrogens (tertiary/aromatic N) is 6. The molecule has 8 nitrogen and oxygen atoms in total. The van der Waals surface area contributed by atoms with Gasteiger partial charge in [0.25, 0.3) is 0 Å². The Balaban J connectivity index is 1.74. The van der Waals surface area contributed by atoms with Crippen LogP contribution in [0.5, 0.6) is 0 Å². The number of fused-ring (bicyclic) bond motifs is 2. The van der Waals surface area contributed by atoms with Gasteiger partial charge in [-0.05, 0) is 19.1 Å². The average Bonchev–Trinajstić information content (AvgIpc) is 3.34. The third-order valence-corrected chi connectivity index (χ3v) is 5.15. The first-order valence-corrected chi connectivity index (χ1v) is 9.48. The lowest BCUT2D eigenvalue weighted by Crippen LogP contribution is -2.44. The van der Waals surface area contributed by atoms with E-state index in [1.54, 1.807) is 18.5 Å². The second-order valence-electron chi connectivity index (χ2n) is 7.24. The van der Waals surface area contributed by atoms with Crippen molar-refractivity contribution in [2.45, 2.75) is 25.7 Å². The number of aromatic amines is 1. The normalized spacial score (nSPS) is 17.9. The van der Waals surface area contributed by atoms with E-state index in [2.05, 4.69) is 20.1 Å². The molecule has 1 saturated heterocycles. The molecule has 1 N–H and O–H groups in total. The highest BCUT2D eigenvalue weighted by Crippen LogP contribution is 2.32. The smallest absolute Gasteiger partial charge is 0.377 e. The molecule has 0 unspecified atom stereocenters. The molecule has 11 heteroatoms. The summed E-state index contributed by atoms with van der Waals surface area (Å²) in [5.41, 5.74) is 1.48. The number of aromatic nitrogens is 6. The monoisotopic (exact) mass is 417 g/mol. The van der Waals surface area contributed by atoms with Gasteiger partial charge in [0, 0.05) is 29.9 Å². The Labute approximate surface area is 168 Å².